The van der Waals surface area contributed by atoms with Gasteiger partial charge in [-0.1, -0.05) is 24.3 Å². The number of alkyl halides is 3. The molecule has 138 valence electrons. The van der Waals surface area contributed by atoms with E-state index in [9.17, 15) is 21.6 Å². The topological polar surface area (TPSA) is 46.6 Å². The van der Waals surface area contributed by atoms with Gasteiger partial charge >= 0.3 is 15.6 Å². The molecule has 2 aromatic rings. The van der Waals surface area contributed by atoms with Gasteiger partial charge in [-0.25, -0.2) is 0 Å². The summed E-state index contributed by atoms with van der Waals surface area (Å²) < 4.78 is 64.6. The van der Waals surface area contributed by atoms with E-state index >= 15 is 0 Å². The molecular weight excluding hydrogens is 367 g/mol. The molecule has 0 saturated heterocycles. The first kappa shape index (κ1) is 17.4. The van der Waals surface area contributed by atoms with Crippen molar-refractivity contribution in [1.82, 2.24) is 4.90 Å². The summed E-state index contributed by atoms with van der Waals surface area (Å²) in [5, 5.41) is 0. The van der Waals surface area contributed by atoms with Crippen LogP contribution in [0.25, 0.3) is 11.1 Å². The Hall–Kier alpha value is -2.06. The van der Waals surface area contributed by atoms with Crippen molar-refractivity contribution >= 4 is 10.1 Å². The fourth-order valence-electron chi connectivity index (χ4n) is 3.81. The Balaban J connectivity index is 1.80. The molecule has 0 N–H and O–H groups in total. The molecule has 1 aliphatic heterocycles. The number of hydrogen-bond donors (Lipinski definition) is 0. The van der Waals surface area contributed by atoms with Crippen molar-refractivity contribution in [3.8, 4) is 16.9 Å². The van der Waals surface area contributed by atoms with Crippen molar-refractivity contribution in [2.24, 2.45) is 0 Å². The zero-order chi connectivity index (χ0) is 18.7. The van der Waals surface area contributed by atoms with Crippen LogP contribution >= 0.6 is 0 Å². The van der Waals surface area contributed by atoms with E-state index in [0.29, 0.717) is 0 Å². The number of nitrogens with zero attached hydrogens (tertiary/aromatic N) is 1. The lowest BCUT2D eigenvalue weighted by atomic mass is 9.77. The Morgan fingerprint density at radius 2 is 1.88 bits per heavy atom. The van der Waals surface area contributed by atoms with Crippen molar-refractivity contribution in [2.75, 3.05) is 13.6 Å². The van der Waals surface area contributed by atoms with E-state index < -0.39 is 15.6 Å². The van der Waals surface area contributed by atoms with E-state index in [1.165, 1.54) is 23.3 Å². The second-order valence-electron chi connectivity index (χ2n) is 6.63. The maximum Gasteiger partial charge on any atom is 0.534 e. The molecule has 0 amide bonds. The molecule has 1 unspecified atom stereocenters. The standard InChI is InChI=1S/C18H16F3NO3S/c1-22-8-7-11-3-2-4-14-15-10-13(25-26(23,24)18(19,20)21)6-5-12(15)9-16(22)17(11)14/h2-6,10,16H,7-9H2,1H3. The van der Waals surface area contributed by atoms with E-state index in [1.54, 1.807) is 6.07 Å². The van der Waals surface area contributed by atoms with E-state index in [-0.39, 0.29) is 11.8 Å². The predicted molar refractivity (Wildman–Crippen MR) is 90.3 cm³/mol. The monoisotopic (exact) mass is 383 g/mol. The molecular formula is C18H16F3NO3S. The summed E-state index contributed by atoms with van der Waals surface area (Å²) in [6, 6.07) is 10.4. The van der Waals surface area contributed by atoms with E-state index in [1.807, 2.05) is 12.1 Å². The third-order valence-corrected chi connectivity index (χ3v) is 6.05. The summed E-state index contributed by atoms with van der Waals surface area (Å²) in [5.41, 5.74) is -0.443. The second-order valence-corrected chi connectivity index (χ2v) is 8.17. The maximum absolute atomic E-state index is 12.6. The highest BCUT2D eigenvalue weighted by Gasteiger charge is 2.48. The van der Waals surface area contributed by atoms with Gasteiger partial charge < -0.3 is 4.18 Å². The van der Waals surface area contributed by atoms with E-state index in [0.717, 1.165) is 36.1 Å². The Labute approximate surface area is 149 Å². The van der Waals surface area contributed by atoms with Crippen molar-refractivity contribution in [3.63, 3.8) is 0 Å². The lowest BCUT2D eigenvalue weighted by molar-refractivity contribution is -0.0500. The van der Waals surface area contributed by atoms with Gasteiger partial charge in [0.2, 0.25) is 0 Å². The highest BCUT2D eigenvalue weighted by atomic mass is 32.2. The summed E-state index contributed by atoms with van der Waals surface area (Å²) in [6.07, 6.45) is 1.63. The molecule has 0 bridgehead atoms. The first-order valence-electron chi connectivity index (χ1n) is 8.13. The summed E-state index contributed by atoms with van der Waals surface area (Å²) in [4.78, 5) is 2.27. The van der Waals surface area contributed by atoms with E-state index in [4.69, 9.17) is 0 Å². The van der Waals surface area contributed by atoms with Crippen LogP contribution in [0.3, 0.4) is 0 Å². The number of fused-ring (bicyclic) bond motifs is 2. The molecule has 2 aromatic carbocycles. The van der Waals surface area contributed by atoms with Gasteiger partial charge in [-0.15, -0.1) is 0 Å². The zero-order valence-electron chi connectivity index (χ0n) is 13.9. The van der Waals surface area contributed by atoms with Gasteiger partial charge in [0.05, 0.1) is 0 Å². The fourth-order valence-corrected chi connectivity index (χ4v) is 4.26. The minimum absolute atomic E-state index is 0.216. The molecule has 0 saturated carbocycles. The van der Waals surface area contributed by atoms with Crippen LogP contribution in [-0.2, 0) is 23.0 Å². The average molecular weight is 383 g/mol. The average Bonchev–Trinajstić information content (AvgIpc) is 2.57. The van der Waals surface area contributed by atoms with Crippen molar-refractivity contribution in [1.29, 1.82) is 0 Å². The molecule has 8 heteroatoms. The SMILES string of the molecule is CN1CCc2cccc3c2C1Cc1ccc(OS(=O)(=O)C(F)(F)F)cc1-3. The zero-order valence-corrected chi connectivity index (χ0v) is 14.7. The lowest BCUT2D eigenvalue weighted by Gasteiger charge is -2.39. The van der Waals surface area contributed by atoms with Crippen molar-refractivity contribution in [3.05, 3.63) is 53.1 Å². The molecule has 0 fully saturated rings. The highest BCUT2D eigenvalue weighted by Crippen LogP contribution is 2.45. The van der Waals surface area contributed by atoms with Crippen LogP contribution in [0, 0.1) is 0 Å². The first-order chi connectivity index (χ1) is 12.2. The van der Waals surface area contributed by atoms with Crippen LogP contribution in [0.4, 0.5) is 13.2 Å². The number of halogens is 3. The van der Waals surface area contributed by atoms with Gasteiger partial charge in [-0.05, 0) is 59.8 Å². The first-order valence-corrected chi connectivity index (χ1v) is 9.54. The molecule has 4 nitrogen and oxygen atoms in total. The third-order valence-electron chi connectivity index (χ3n) is 5.07. The van der Waals surface area contributed by atoms with Crippen molar-refractivity contribution in [2.45, 2.75) is 24.4 Å². The normalized spacial score (nSPS) is 19.6. The number of rotatable bonds is 2. The Morgan fingerprint density at radius 3 is 2.62 bits per heavy atom. The van der Waals surface area contributed by atoms with Gasteiger partial charge in [-0.3, -0.25) is 4.90 Å². The van der Waals surface area contributed by atoms with Crippen LogP contribution in [0.15, 0.2) is 36.4 Å². The molecule has 2 aliphatic rings. The molecule has 0 aromatic heterocycles. The lowest BCUT2D eigenvalue weighted by Crippen LogP contribution is -2.35. The Morgan fingerprint density at radius 1 is 1.12 bits per heavy atom. The minimum atomic E-state index is -5.68. The molecule has 1 atom stereocenters. The van der Waals surface area contributed by atoms with Crippen LogP contribution in [0.5, 0.6) is 5.75 Å². The molecule has 26 heavy (non-hydrogen) atoms. The van der Waals surface area contributed by atoms with E-state index in [2.05, 4.69) is 22.2 Å². The predicted octanol–water partition coefficient (Wildman–Crippen LogP) is 3.67. The van der Waals surface area contributed by atoms with Gasteiger partial charge in [0.25, 0.3) is 0 Å². The number of benzene rings is 2. The molecule has 4 rings (SSSR count). The maximum atomic E-state index is 12.6. The Kier molecular flexibility index (Phi) is 3.82. The highest BCUT2D eigenvalue weighted by molar-refractivity contribution is 7.88. The molecule has 0 spiro atoms. The van der Waals surface area contributed by atoms with Crippen LogP contribution in [0.1, 0.15) is 22.7 Å². The van der Waals surface area contributed by atoms with Gasteiger partial charge in [0.15, 0.2) is 0 Å². The van der Waals surface area contributed by atoms with Crippen LogP contribution < -0.4 is 4.18 Å². The third kappa shape index (κ3) is 2.68. The molecule has 0 radical (unpaired) electrons. The van der Waals surface area contributed by atoms with Crippen LogP contribution in [0.2, 0.25) is 0 Å². The number of hydrogen-bond acceptors (Lipinski definition) is 4. The second kappa shape index (κ2) is 5.72. The van der Waals surface area contributed by atoms with Crippen LogP contribution in [-0.4, -0.2) is 32.4 Å². The minimum Gasteiger partial charge on any atom is -0.376 e. The van der Waals surface area contributed by atoms with Gasteiger partial charge in [0, 0.05) is 12.6 Å². The van der Waals surface area contributed by atoms with Gasteiger partial charge in [-0.2, -0.15) is 21.6 Å². The largest absolute Gasteiger partial charge is 0.534 e. The summed E-state index contributed by atoms with van der Waals surface area (Å²) in [7, 11) is -3.63. The molecule has 1 aliphatic carbocycles. The fraction of sp³-hybridized carbons (Fsp3) is 0.333. The summed E-state index contributed by atoms with van der Waals surface area (Å²) >= 11 is 0. The quantitative estimate of drug-likeness (QED) is 0.587. The number of likely N-dealkylation sites (N-methyl/N-ethyl adjacent to an activating group) is 1. The van der Waals surface area contributed by atoms with Crippen molar-refractivity contribution < 1.29 is 25.8 Å². The summed E-state index contributed by atoms with van der Waals surface area (Å²) in [5.74, 6) is -0.332. The molecule has 1 heterocycles. The van der Waals surface area contributed by atoms with Gasteiger partial charge in [0.1, 0.15) is 5.75 Å². The Bertz CT molecular complexity index is 986. The smallest absolute Gasteiger partial charge is 0.376 e. The summed E-state index contributed by atoms with van der Waals surface area (Å²) in [6.45, 7) is 0.946.